The van der Waals surface area contributed by atoms with E-state index in [2.05, 4.69) is 9.78 Å². The van der Waals surface area contributed by atoms with Gasteiger partial charge in [0.05, 0.1) is 11.1 Å². The molecule has 126 valence electrons. The van der Waals surface area contributed by atoms with Crippen molar-refractivity contribution in [3.05, 3.63) is 102 Å². The molecule has 5 nitrogen and oxygen atoms in total. The molecule has 2 N–H and O–H groups in total. The van der Waals surface area contributed by atoms with Gasteiger partial charge in [-0.05, 0) is 36.4 Å². The number of anilines is 1. The van der Waals surface area contributed by atoms with Gasteiger partial charge < -0.3 is 5.73 Å². The molecule has 25 heavy (non-hydrogen) atoms. The Morgan fingerprint density at radius 3 is 1.16 bits per heavy atom. The highest BCUT2D eigenvalue weighted by Gasteiger charge is 2.12. The highest BCUT2D eigenvalue weighted by atomic mass is 17.2. The summed E-state index contributed by atoms with van der Waals surface area (Å²) in [6, 6.07) is 26.1. The lowest BCUT2D eigenvalue weighted by Crippen LogP contribution is -2.11. The zero-order valence-corrected chi connectivity index (χ0v) is 13.4. The molecule has 0 unspecified atom stereocenters. The number of hydrogen-bond acceptors (Lipinski definition) is 5. The predicted molar refractivity (Wildman–Crippen MR) is 94.6 cm³/mol. The lowest BCUT2D eigenvalue weighted by molar-refractivity contribution is -0.187. The molecule has 0 spiro atoms. The fourth-order valence-corrected chi connectivity index (χ4v) is 1.77. The minimum absolute atomic E-state index is 0.318. The maximum absolute atomic E-state index is 11.5. The van der Waals surface area contributed by atoms with Crippen LogP contribution in [0.15, 0.2) is 91.0 Å². The molecule has 3 rings (SSSR count). The standard InChI is InChI=1S/C14H10O4.C6H7N/c15-13(11-7-3-1-4-8-11)17-18-14(16)12-9-5-2-6-10-12;7-6-4-2-1-3-5-6/h1-10H;1-5H,7H2. The van der Waals surface area contributed by atoms with Crippen LogP contribution >= 0.6 is 0 Å². The lowest BCUT2D eigenvalue weighted by Gasteiger charge is -2.02. The zero-order chi connectivity index (χ0) is 17.9. The molecule has 0 amide bonds. The molecule has 0 aliphatic heterocycles. The van der Waals surface area contributed by atoms with E-state index in [0.29, 0.717) is 11.1 Å². The number of nitrogen functional groups attached to an aromatic ring is 1. The van der Waals surface area contributed by atoms with Gasteiger partial charge in [-0.15, -0.1) is 0 Å². The number of para-hydroxylation sites is 1. The Kier molecular flexibility index (Phi) is 6.76. The smallest absolute Gasteiger partial charge is 0.386 e. The van der Waals surface area contributed by atoms with Crippen LogP contribution < -0.4 is 5.73 Å². The number of benzene rings is 3. The van der Waals surface area contributed by atoms with Crippen LogP contribution in [0.3, 0.4) is 0 Å². The second-order valence-corrected chi connectivity index (χ2v) is 4.88. The van der Waals surface area contributed by atoms with Crippen LogP contribution in [0.25, 0.3) is 0 Å². The van der Waals surface area contributed by atoms with Crippen molar-refractivity contribution in [1.29, 1.82) is 0 Å². The van der Waals surface area contributed by atoms with E-state index in [9.17, 15) is 9.59 Å². The van der Waals surface area contributed by atoms with Crippen molar-refractivity contribution in [2.24, 2.45) is 0 Å². The van der Waals surface area contributed by atoms with Crippen molar-refractivity contribution in [3.63, 3.8) is 0 Å². The Hall–Kier alpha value is -3.60. The predicted octanol–water partition coefficient (Wildman–Crippen LogP) is 3.88. The molecule has 0 aliphatic rings. The molecule has 0 atom stereocenters. The molecular formula is C20H17NO4. The number of nitrogens with two attached hydrogens (primary N) is 1. The van der Waals surface area contributed by atoms with E-state index in [0.717, 1.165) is 5.69 Å². The van der Waals surface area contributed by atoms with Gasteiger partial charge in [-0.1, -0.05) is 54.6 Å². The van der Waals surface area contributed by atoms with E-state index in [-0.39, 0.29) is 0 Å². The third kappa shape index (κ3) is 6.19. The van der Waals surface area contributed by atoms with Crippen LogP contribution in [-0.2, 0) is 9.78 Å². The van der Waals surface area contributed by atoms with Gasteiger partial charge in [-0.2, -0.15) is 0 Å². The van der Waals surface area contributed by atoms with Crippen molar-refractivity contribution in [2.45, 2.75) is 0 Å². The average Bonchev–Trinajstić information content (AvgIpc) is 2.68. The summed E-state index contributed by atoms with van der Waals surface area (Å²) in [7, 11) is 0. The molecule has 0 aliphatic carbocycles. The first-order valence-corrected chi connectivity index (χ1v) is 7.50. The van der Waals surface area contributed by atoms with Crippen molar-refractivity contribution in [2.75, 3.05) is 5.73 Å². The normalized spacial score (nSPS) is 9.28. The average molecular weight is 335 g/mol. The summed E-state index contributed by atoms with van der Waals surface area (Å²) in [6.07, 6.45) is 0. The Morgan fingerprint density at radius 1 is 0.560 bits per heavy atom. The number of carbonyl (C=O) groups is 2. The Balaban J connectivity index is 0.000000269. The maximum atomic E-state index is 11.5. The summed E-state index contributed by atoms with van der Waals surface area (Å²) in [6.45, 7) is 0. The molecule has 0 saturated carbocycles. The summed E-state index contributed by atoms with van der Waals surface area (Å²) in [4.78, 5) is 31.9. The first-order valence-electron chi connectivity index (χ1n) is 7.50. The van der Waals surface area contributed by atoms with Crippen LogP contribution in [0.2, 0.25) is 0 Å². The molecule has 3 aromatic carbocycles. The van der Waals surface area contributed by atoms with E-state index < -0.39 is 11.9 Å². The minimum atomic E-state index is -0.708. The van der Waals surface area contributed by atoms with Gasteiger partial charge in [0.15, 0.2) is 0 Å². The van der Waals surface area contributed by atoms with Gasteiger partial charge in [-0.3, -0.25) is 0 Å². The molecule has 0 heterocycles. The van der Waals surface area contributed by atoms with E-state index in [1.54, 1.807) is 60.7 Å². The van der Waals surface area contributed by atoms with Crippen LogP contribution in [0, 0.1) is 0 Å². The van der Waals surface area contributed by atoms with E-state index in [1.807, 2.05) is 30.3 Å². The SMILES string of the molecule is Nc1ccccc1.O=C(OOC(=O)c1ccccc1)c1ccccc1. The van der Waals surface area contributed by atoms with E-state index in [4.69, 9.17) is 5.73 Å². The third-order valence-electron chi connectivity index (χ3n) is 3.01. The Bertz CT molecular complexity index is 738. The van der Waals surface area contributed by atoms with Crippen LogP contribution in [0.1, 0.15) is 20.7 Å². The van der Waals surface area contributed by atoms with Crippen LogP contribution in [0.4, 0.5) is 5.69 Å². The molecular weight excluding hydrogens is 318 g/mol. The van der Waals surface area contributed by atoms with Gasteiger partial charge in [0.2, 0.25) is 0 Å². The molecule has 0 radical (unpaired) electrons. The quantitative estimate of drug-likeness (QED) is 0.437. The molecule has 0 aromatic heterocycles. The van der Waals surface area contributed by atoms with Crippen LogP contribution in [0.5, 0.6) is 0 Å². The van der Waals surface area contributed by atoms with Crippen molar-refractivity contribution < 1.29 is 19.4 Å². The zero-order valence-electron chi connectivity index (χ0n) is 13.4. The fraction of sp³-hybridized carbons (Fsp3) is 0. The van der Waals surface area contributed by atoms with E-state index >= 15 is 0 Å². The number of carbonyl (C=O) groups excluding carboxylic acids is 2. The summed E-state index contributed by atoms with van der Waals surface area (Å²) < 4.78 is 0. The molecule has 0 fully saturated rings. The largest absolute Gasteiger partial charge is 0.399 e. The topological polar surface area (TPSA) is 78.6 Å². The molecule has 5 heteroatoms. The summed E-state index contributed by atoms with van der Waals surface area (Å²) in [5, 5.41) is 0. The number of hydrogen-bond donors (Lipinski definition) is 1. The second-order valence-electron chi connectivity index (χ2n) is 4.88. The third-order valence-corrected chi connectivity index (χ3v) is 3.01. The first-order chi connectivity index (χ1) is 12.2. The molecule has 0 saturated heterocycles. The van der Waals surface area contributed by atoms with Crippen molar-refractivity contribution in [3.8, 4) is 0 Å². The van der Waals surface area contributed by atoms with Gasteiger partial charge >= 0.3 is 11.9 Å². The highest BCUT2D eigenvalue weighted by molar-refractivity contribution is 5.92. The summed E-state index contributed by atoms with van der Waals surface area (Å²) in [5.41, 5.74) is 6.82. The van der Waals surface area contributed by atoms with Crippen molar-refractivity contribution >= 4 is 17.6 Å². The second kappa shape index (κ2) is 9.52. The molecule has 0 bridgehead atoms. The van der Waals surface area contributed by atoms with Gasteiger partial charge in [0.25, 0.3) is 0 Å². The maximum Gasteiger partial charge on any atom is 0.386 e. The number of rotatable bonds is 2. The Morgan fingerprint density at radius 2 is 0.880 bits per heavy atom. The highest BCUT2D eigenvalue weighted by Crippen LogP contribution is 2.05. The van der Waals surface area contributed by atoms with Gasteiger partial charge in [0.1, 0.15) is 0 Å². The first kappa shape index (κ1) is 17.7. The van der Waals surface area contributed by atoms with E-state index in [1.165, 1.54) is 0 Å². The van der Waals surface area contributed by atoms with Gasteiger partial charge in [-0.25, -0.2) is 19.4 Å². The lowest BCUT2D eigenvalue weighted by atomic mass is 10.2. The monoisotopic (exact) mass is 335 g/mol. The minimum Gasteiger partial charge on any atom is -0.399 e. The fourth-order valence-electron chi connectivity index (χ4n) is 1.77. The van der Waals surface area contributed by atoms with Crippen molar-refractivity contribution in [1.82, 2.24) is 0 Å². The Labute approximate surface area is 145 Å². The van der Waals surface area contributed by atoms with Gasteiger partial charge in [0, 0.05) is 5.69 Å². The summed E-state index contributed by atoms with van der Waals surface area (Å²) in [5.74, 6) is -1.42. The summed E-state index contributed by atoms with van der Waals surface area (Å²) >= 11 is 0. The molecule has 3 aromatic rings. The van der Waals surface area contributed by atoms with Crippen LogP contribution in [-0.4, -0.2) is 11.9 Å².